The number of piperidine rings is 2. The molecule has 0 radical (unpaired) electrons. The zero-order valence-electron chi connectivity index (χ0n) is 20.7. The van der Waals surface area contributed by atoms with Gasteiger partial charge >= 0.3 is 0 Å². The van der Waals surface area contributed by atoms with Crippen LogP contribution < -0.4 is 5.32 Å². The lowest BCUT2D eigenvalue weighted by Crippen LogP contribution is -2.41. The van der Waals surface area contributed by atoms with Crippen molar-refractivity contribution in [3.8, 4) is 0 Å². The van der Waals surface area contributed by atoms with Gasteiger partial charge in [-0.05, 0) is 57.7 Å². The standard InChI is InChI=1S/C22H41N3O4.C2H6.H2/c1-4-18(2)19-7-12-25(13-8-19)21(26)17-29-16-15-28-14-9-23-22(27)20-5-10-24(3)11-6-20;1-2;/h18-20H,4-17H2,1-3H3,(H,23,27);1-2H3;1H. The molecule has 1 unspecified atom stereocenters. The van der Waals surface area contributed by atoms with Crippen molar-refractivity contribution in [3.05, 3.63) is 0 Å². The third-order valence-electron chi connectivity index (χ3n) is 6.57. The highest BCUT2D eigenvalue weighted by molar-refractivity contribution is 5.78. The Balaban J connectivity index is 0.00000311. The molecule has 2 amide bonds. The van der Waals surface area contributed by atoms with Crippen molar-refractivity contribution < 1.29 is 20.5 Å². The molecule has 7 nitrogen and oxygen atoms in total. The van der Waals surface area contributed by atoms with Gasteiger partial charge in [-0.25, -0.2) is 0 Å². The summed E-state index contributed by atoms with van der Waals surface area (Å²) in [6, 6.07) is 0. The summed E-state index contributed by atoms with van der Waals surface area (Å²) >= 11 is 0. The molecule has 0 aromatic rings. The lowest BCUT2D eigenvalue weighted by molar-refractivity contribution is -0.138. The van der Waals surface area contributed by atoms with E-state index in [9.17, 15) is 9.59 Å². The molecule has 31 heavy (non-hydrogen) atoms. The number of ether oxygens (including phenoxy) is 2. The summed E-state index contributed by atoms with van der Waals surface area (Å²) in [5.74, 6) is 1.85. The molecule has 2 aliphatic rings. The van der Waals surface area contributed by atoms with Crippen LogP contribution in [-0.4, -0.2) is 87.8 Å². The summed E-state index contributed by atoms with van der Waals surface area (Å²) in [6.45, 7) is 14.2. The van der Waals surface area contributed by atoms with E-state index in [1.165, 1.54) is 6.42 Å². The molecule has 0 saturated carbocycles. The third kappa shape index (κ3) is 10.8. The van der Waals surface area contributed by atoms with Crippen molar-refractivity contribution in [2.24, 2.45) is 17.8 Å². The van der Waals surface area contributed by atoms with Crippen molar-refractivity contribution >= 4 is 11.8 Å². The Morgan fingerprint density at radius 1 is 1.00 bits per heavy atom. The van der Waals surface area contributed by atoms with Gasteiger partial charge in [-0.1, -0.05) is 34.1 Å². The van der Waals surface area contributed by atoms with E-state index in [4.69, 9.17) is 9.47 Å². The van der Waals surface area contributed by atoms with E-state index >= 15 is 0 Å². The summed E-state index contributed by atoms with van der Waals surface area (Å²) < 4.78 is 11.0. The average molecular weight is 444 g/mol. The zero-order valence-corrected chi connectivity index (χ0v) is 20.7. The summed E-state index contributed by atoms with van der Waals surface area (Å²) in [5, 5.41) is 2.95. The van der Waals surface area contributed by atoms with E-state index < -0.39 is 0 Å². The number of nitrogens with one attached hydrogen (secondary N) is 1. The summed E-state index contributed by atoms with van der Waals surface area (Å²) in [6.07, 6.45) is 5.28. The average Bonchev–Trinajstić information content (AvgIpc) is 2.81. The fourth-order valence-electron chi connectivity index (χ4n) is 4.18. The van der Waals surface area contributed by atoms with E-state index in [0.29, 0.717) is 26.4 Å². The lowest BCUT2D eigenvalue weighted by atomic mass is 9.84. The molecule has 2 rings (SSSR count). The van der Waals surface area contributed by atoms with Gasteiger partial charge in [0.05, 0.1) is 19.8 Å². The van der Waals surface area contributed by atoms with Gasteiger partial charge in [0.25, 0.3) is 0 Å². The molecule has 0 bridgehead atoms. The highest BCUT2D eigenvalue weighted by Crippen LogP contribution is 2.26. The van der Waals surface area contributed by atoms with E-state index in [0.717, 1.165) is 63.7 Å². The van der Waals surface area contributed by atoms with Gasteiger partial charge < -0.3 is 24.6 Å². The molecule has 0 spiro atoms. The minimum atomic E-state index is 0. The van der Waals surface area contributed by atoms with E-state index in [2.05, 4.69) is 31.1 Å². The van der Waals surface area contributed by atoms with Crippen molar-refractivity contribution in [1.82, 2.24) is 15.1 Å². The number of hydrogen-bond donors (Lipinski definition) is 1. The first-order valence-electron chi connectivity index (χ1n) is 12.4. The second kappa shape index (κ2) is 16.5. The quantitative estimate of drug-likeness (QED) is 0.497. The van der Waals surface area contributed by atoms with Gasteiger partial charge in [0.15, 0.2) is 0 Å². The summed E-state index contributed by atoms with van der Waals surface area (Å²) in [4.78, 5) is 28.5. The van der Waals surface area contributed by atoms with Crippen LogP contribution in [0.2, 0.25) is 0 Å². The Bertz CT molecular complexity index is 494. The number of hydrogen-bond acceptors (Lipinski definition) is 5. The van der Waals surface area contributed by atoms with Gasteiger partial charge in [-0.2, -0.15) is 0 Å². The predicted octanol–water partition coefficient (Wildman–Crippen LogP) is 3.03. The largest absolute Gasteiger partial charge is 0.377 e. The maximum atomic E-state index is 12.2. The van der Waals surface area contributed by atoms with Crippen molar-refractivity contribution in [2.75, 3.05) is 66.2 Å². The second-order valence-electron chi connectivity index (χ2n) is 8.64. The topological polar surface area (TPSA) is 71.1 Å². The first kappa shape index (κ1) is 27.9. The Morgan fingerprint density at radius 3 is 2.23 bits per heavy atom. The molecule has 1 N–H and O–H groups in total. The van der Waals surface area contributed by atoms with Gasteiger partial charge in [0.2, 0.25) is 11.8 Å². The number of carbonyl (C=O) groups excluding carboxylic acids is 2. The van der Waals surface area contributed by atoms with E-state index in [1.807, 2.05) is 18.7 Å². The van der Waals surface area contributed by atoms with Gasteiger partial charge in [-0.15, -0.1) is 0 Å². The van der Waals surface area contributed by atoms with Crippen LogP contribution in [0.15, 0.2) is 0 Å². The van der Waals surface area contributed by atoms with Crippen molar-refractivity contribution in [3.63, 3.8) is 0 Å². The molecule has 1 atom stereocenters. The third-order valence-corrected chi connectivity index (χ3v) is 6.57. The minimum Gasteiger partial charge on any atom is -0.377 e. The van der Waals surface area contributed by atoms with Crippen LogP contribution in [0.3, 0.4) is 0 Å². The van der Waals surface area contributed by atoms with Crippen LogP contribution in [0.4, 0.5) is 0 Å². The van der Waals surface area contributed by atoms with Crippen LogP contribution in [0, 0.1) is 17.8 Å². The van der Waals surface area contributed by atoms with E-state index in [1.54, 1.807) is 0 Å². The number of carbonyl (C=O) groups is 2. The monoisotopic (exact) mass is 443 g/mol. The molecule has 2 fully saturated rings. The Hall–Kier alpha value is -1.18. The first-order valence-corrected chi connectivity index (χ1v) is 12.4. The first-order chi connectivity index (χ1) is 15.0. The molecule has 7 heteroatoms. The molecule has 184 valence electrons. The zero-order chi connectivity index (χ0) is 23.1. The minimum absolute atomic E-state index is 0. The van der Waals surface area contributed by atoms with Crippen LogP contribution >= 0.6 is 0 Å². The maximum absolute atomic E-state index is 12.2. The number of rotatable bonds is 11. The van der Waals surface area contributed by atoms with E-state index in [-0.39, 0.29) is 25.8 Å². The summed E-state index contributed by atoms with van der Waals surface area (Å²) in [5.41, 5.74) is 0. The van der Waals surface area contributed by atoms with Crippen molar-refractivity contribution in [1.29, 1.82) is 0 Å². The highest BCUT2D eigenvalue weighted by atomic mass is 16.5. The summed E-state index contributed by atoms with van der Waals surface area (Å²) in [7, 11) is 2.09. The Morgan fingerprint density at radius 2 is 1.61 bits per heavy atom. The SMILES string of the molecule is CC.CCC(C)C1CCN(C(=O)COCCOCCNC(=O)C2CCN(C)CC2)CC1.[HH]. The highest BCUT2D eigenvalue weighted by Gasteiger charge is 2.25. The normalized spacial score (nSPS) is 19.5. The van der Waals surface area contributed by atoms with Gasteiger partial charge in [0, 0.05) is 27.0 Å². The fourth-order valence-corrected chi connectivity index (χ4v) is 4.18. The molecular formula is C24H49N3O4. The van der Waals surface area contributed by atoms with Crippen molar-refractivity contribution in [2.45, 2.75) is 59.8 Å². The second-order valence-corrected chi connectivity index (χ2v) is 8.64. The smallest absolute Gasteiger partial charge is 0.248 e. The molecular weight excluding hydrogens is 394 g/mol. The molecule has 0 aromatic heterocycles. The fraction of sp³-hybridized carbons (Fsp3) is 0.917. The molecule has 2 aliphatic heterocycles. The van der Waals surface area contributed by atoms with Crippen LogP contribution in [-0.2, 0) is 19.1 Å². The number of nitrogens with zero attached hydrogens (tertiary/aromatic N) is 2. The molecule has 0 aliphatic carbocycles. The Labute approximate surface area is 191 Å². The van der Waals surface area contributed by atoms with Gasteiger partial charge in [0.1, 0.15) is 6.61 Å². The predicted molar refractivity (Wildman–Crippen MR) is 127 cm³/mol. The van der Waals surface area contributed by atoms with Crippen LogP contribution in [0.1, 0.15) is 61.2 Å². The molecule has 2 heterocycles. The van der Waals surface area contributed by atoms with Crippen LogP contribution in [0.5, 0.6) is 0 Å². The Kier molecular flexibility index (Phi) is 14.8. The van der Waals surface area contributed by atoms with Crippen LogP contribution in [0.25, 0.3) is 0 Å². The van der Waals surface area contributed by atoms with Gasteiger partial charge in [-0.3, -0.25) is 9.59 Å². The number of amides is 2. The lowest BCUT2D eigenvalue weighted by Gasteiger charge is -2.34. The molecule has 0 aromatic carbocycles. The number of likely N-dealkylation sites (tertiary alicyclic amines) is 2. The maximum Gasteiger partial charge on any atom is 0.248 e. The molecule has 2 saturated heterocycles.